The van der Waals surface area contributed by atoms with Crippen molar-refractivity contribution in [2.45, 2.75) is 32.6 Å². The molecule has 1 aliphatic heterocycles. The number of halogens is 1. The van der Waals surface area contributed by atoms with E-state index in [1.165, 1.54) is 11.3 Å². The fourth-order valence-electron chi connectivity index (χ4n) is 3.02. The smallest absolute Gasteiger partial charge is 0.265 e. The maximum Gasteiger partial charge on any atom is 0.265 e. The monoisotopic (exact) mass is 414 g/mol. The molecule has 2 aromatic carbocycles. The maximum atomic E-state index is 12.7. The van der Waals surface area contributed by atoms with Gasteiger partial charge in [-0.3, -0.25) is 4.79 Å². The minimum atomic E-state index is -0.703. The Morgan fingerprint density at radius 3 is 2.57 bits per heavy atom. The minimum absolute atomic E-state index is 0.214. The van der Waals surface area contributed by atoms with Gasteiger partial charge in [0.15, 0.2) is 11.5 Å². The fourth-order valence-corrected chi connectivity index (χ4v) is 4.34. The number of fused-ring (bicyclic) bond motifs is 1. The first-order valence-corrected chi connectivity index (χ1v) is 10.1. The zero-order chi connectivity index (χ0) is 19.7. The van der Waals surface area contributed by atoms with Crippen LogP contribution in [0.2, 0.25) is 5.02 Å². The molecule has 28 heavy (non-hydrogen) atoms. The molecule has 0 aliphatic carbocycles. The van der Waals surface area contributed by atoms with Crippen molar-refractivity contribution in [3.8, 4) is 22.1 Å². The second-order valence-corrected chi connectivity index (χ2v) is 8.02. The fraction of sp³-hybridized carbons (Fsp3) is 0.238. The first kappa shape index (κ1) is 18.8. The Hall–Kier alpha value is -2.57. The Balaban J connectivity index is 1.45. The highest BCUT2D eigenvalue weighted by atomic mass is 35.5. The number of rotatable bonds is 4. The SMILES string of the molecule is Cc1nc(-c2ccccc2Cl)sc1CNC(=O)[C@@H]1Oc2ccccc2O[C@@H]1C. The van der Waals surface area contributed by atoms with Crippen molar-refractivity contribution in [1.82, 2.24) is 10.3 Å². The van der Waals surface area contributed by atoms with Crippen LogP contribution >= 0.6 is 22.9 Å². The molecule has 4 rings (SSSR count). The quantitative estimate of drug-likeness (QED) is 0.676. The largest absolute Gasteiger partial charge is 0.482 e. The number of amides is 1. The van der Waals surface area contributed by atoms with Gasteiger partial charge in [-0.15, -0.1) is 11.3 Å². The summed E-state index contributed by atoms with van der Waals surface area (Å²) in [4.78, 5) is 18.3. The number of nitrogens with zero attached hydrogens (tertiary/aromatic N) is 1. The van der Waals surface area contributed by atoms with E-state index in [4.69, 9.17) is 21.1 Å². The molecule has 1 aliphatic rings. The van der Waals surface area contributed by atoms with Crippen molar-refractivity contribution in [2.24, 2.45) is 0 Å². The molecule has 0 bridgehead atoms. The first-order valence-electron chi connectivity index (χ1n) is 8.94. The molecule has 0 fully saturated rings. The van der Waals surface area contributed by atoms with Gasteiger partial charge in [-0.1, -0.05) is 41.9 Å². The van der Waals surface area contributed by atoms with Gasteiger partial charge in [-0.25, -0.2) is 4.98 Å². The molecule has 144 valence electrons. The van der Waals surface area contributed by atoms with Crippen LogP contribution in [-0.4, -0.2) is 23.1 Å². The summed E-state index contributed by atoms with van der Waals surface area (Å²) >= 11 is 7.80. The number of aromatic nitrogens is 1. The van der Waals surface area contributed by atoms with E-state index < -0.39 is 6.10 Å². The van der Waals surface area contributed by atoms with Crippen LogP contribution < -0.4 is 14.8 Å². The third-order valence-electron chi connectivity index (χ3n) is 4.52. The lowest BCUT2D eigenvalue weighted by atomic mass is 10.1. The molecule has 5 nitrogen and oxygen atoms in total. The van der Waals surface area contributed by atoms with Crippen LogP contribution in [0.15, 0.2) is 48.5 Å². The number of carbonyl (C=O) groups excluding carboxylic acids is 1. The van der Waals surface area contributed by atoms with Crippen molar-refractivity contribution in [2.75, 3.05) is 0 Å². The van der Waals surface area contributed by atoms with Crippen LogP contribution in [0.1, 0.15) is 17.5 Å². The zero-order valence-electron chi connectivity index (χ0n) is 15.4. The van der Waals surface area contributed by atoms with Gasteiger partial charge in [-0.2, -0.15) is 0 Å². The molecule has 0 unspecified atom stereocenters. The number of ether oxygens (including phenoxy) is 2. The normalized spacial score (nSPS) is 18.0. The van der Waals surface area contributed by atoms with Crippen molar-refractivity contribution in [1.29, 1.82) is 0 Å². The lowest BCUT2D eigenvalue weighted by Crippen LogP contribution is -2.48. The van der Waals surface area contributed by atoms with E-state index in [2.05, 4.69) is 10.3 Å². The second-order valence-electron chi connectivity index (χ2n) is 6.53. The maximum absolute atomic E-state index is 12.7. The molecule has 2 heterocycles. The summed E-state index contributed by atoms with van der Waals surface area (Å²) in [5.74, 6) is 1.02. The summed E-state index contributed by atoms with van der Waals surface area (Å²) in [6.45, 7) is 4.13. The van der Waals surface area contributed by atoms with Crippen LogP contribution in [0.5, 0.6) is 11.5 Å². The van der Waals surface area contributed by atoms with Gasteiger partial charge < -0.3 is 14.8 Å². The van der Waals surface area contributed by atoms with Gasteiger partial charge in [0.05, 0.1) is 17.3 Å². The predicted octanol–water partition coefficient (Wildman–Crippen LogP) is 4.62. The van der Waals surface area contributed by atoms with Crippen LogP contribution in [-0.2, 0) is 11.3 Å². The zero-order valence-corrected chi connectivity index (χ0v) is 17.0. The number of aryl methyl sites for hydroxylation is 1. The van der Waals surface area contributed by atoms with E-state index >= 15 is 0 Å². The Morgan fingerprint density at radius 2 is 1.82 bits per heavy atom. The predicted molar refractivity (Wildman–Crippen MR) is 110 cm³/mol. The number of carbonyl (C=O) groups is 1. The minimum Gasteiger partial charge on any atom is -0.482 e. The van der Waals surface area contributed by atoms with Crippen LogP contribution in [0.25, 0.3) is 10.6 Å². The lowest BCUT2D eigenvalue weighted by Gasteiger charge is -2.30. The van der Waals surface area contributed by atoms with Crippen LogP contribution in [0, 0.1) is 6.92 Å². The number of thiazole rings is 1. The van der Waals surface area contributed by atoms with Crippen molar-refractivity contribution in [3.63, 3.8) is 0 Å². The van der Waals surface area contributed by atoms with Gasteiger partial charge in [0.2, 0.25) is 6.10 Å². The summed E-state index contributed by atoms with van der Waals surface area (Å²) < 4.78 is 11.7. The van der Waals surface area contributed by atoms with E-state index in [1.807, 2.05) is 56.3 Å². The molecular weight excluding hydrogens is 396 g/mol. The molecule has 1 N–H and O–H groups in total. The third-order valence-corrected chi connectivity index (χ3v) is 6.04. The van der Waals surface area contributed by atoms with Crippen molar-refractivity contribution in [3.05, 3.63) is 64.1 Å². The van der Waals surface area contributed by atoms with E-state index in [-0.39, 0.29) is 12.0 Å². The van der Waals surface area contributed by atoms with Crippen molar-refractivity contribution >= 4 is 28.8 Å². The molecule has 0 saturated carbocycles. The van der Waals surface area contributed by atoms with Crippen molar-refractivity contribution < 1.29 is 14.3 Å². The summed E-state index contributed by atoms with van der Waals surface area (Å²) in [6.07, 6.45) is -1.08. The number of para-hydroxylation sites is 2. The number of benzene rings is 2. The Kier molecular flexibility index (Phi) is 5.24. The third kappa shape index (κ3) is 3.70. The van der Waals surface area contributed by atoms with E-state index in [0.717, 1.165) is 21.1 Å². The summed E-state index contributed by atoms with van der Waals surface area (Å²) in [5.41, 5.74) is 1.77. The molecule has 1 aromatic heterocycles. The van der Waals surface area contributed by atoms with E-state index in [9.17, 15) is 4.79 Å². The molecule has 2 atom stereocenters. The standard InChI is InChI=1S/C21H19ClN2O3S/c1-12-18(28-21(24-12)14-7-3-4-8-15(14)22)11-23-20(25)19-13(2)26-16-9-5-6-10-17(16)27-19/h3-10,13,19H,11H2,1-2H3,(H,23,25)/t13-,19-/m1/s1. The highest BCUT2D eigenvalue weighted by molar-refractivity contribution is 7.15. The second kappa shape index (κ2) is 7.81. The van der Waals surface area contributed by atoms with Crippen LogP contribution in [0.3, 0.4) is 0 Å². The first-order chi connectivity index (χ1) is 13.5. The van der Waals surface area contributed by atoms with Gasteiger partial charge in [0.1, 0.15) is 11.1 Å². The Bertz CT molecular complexity index is 1020. The number of hydrogen-bond acceptors (Lipinski definition) is 5. The number of hydrogen-bond donors (Lipinski definition) is 1. The van der Waals surface area contributed by atoms with E-state index in [0.29, 0.717) is 23.1 Å². The highest BCUT2D eigenvalue weighted by Gasteiger charge is 2.34. The van der Waals surface area contributed by atoms with Crippen LogP contribution in [0.4, 0.5) is 0 Å². The summed E-state index contributed by atoms with van der Waals surface area (Å²) in [7, 11) is 0. The van der Waals surface area contributed by atoms with Gasteiger partial charge >= 0.3 is 0 Å². The summed E-state index contributed by atoms with van der Waals surface area (Å²) in [6, 6.07) is 15.0. The van der Waals surface area contributed by atoms with E-state index in [1.54, 1.807) is 6.07 Å². The van der Waals surface area contributed by atoms with Gasteiger partial charge in [-0.05, 0) is 32.0 Å². The summed E-state index contributed by atoms with van der Waals surface area (Å²) in [5, 5.41) is 4.44. The molecular formula is C21H19ClN2O3S. The van der Waals surface area contributed by atoms with Gasteiger partial charge in [0.25, 0.3) is 5.91 Å². The highest BCUT2D eigenvalue weighted by Crippen LogP contribution is 2.34. The average Bonchev–Trinajstić information content (AvgIpc) is 3.06. The molecule has 7 heteroatoms. The van der Waals surface area contributed by atoms with Gasteiger partial charge in [0, 0.05) is 10.4 Å². The molecule has 3 aromatic rings. The average molecular weight is 415 g/mol. The topological polar surface area (TPSA) is 60.5 Å². The molecule has 1 amide bonds. The number of nitrogens with one attached hydrogen (secondary N) is 1. The Morgan fingerprint density at radius 1 is 1.14 bits per heavy atom. The molecule has 0 spiro atoms. The Labute approximate surface area is 172 Å². The molecule has 0 radical (unpaired) electrons. The molecule has 0 saturated heterocycles. The lowest BCUT2D eigenvalue weighted by molar-refractivity contribution is -0.133.